The fraction of sp³-hybridized carbons (Fsp3) is 0.917. The van der Waals surface area contributed by atoms with Crippen LogP contribution in [0.15, 0.2) is 5.16 Å². The molecule has 1 unspecified atom stereocenters. The Balaban J connectivity index is 1.99. The smallest absolute Gasteiger partial charge is 0.0436 e. The van der Waals surface area contributed by atoms with E-state index in [1.807, 2.05) is 0 Å². The van der Waals surface area contributed by atoms with E-state index in [9.17, 15) is 0 Å². The van der Waals surface area contributed by atoms with Gasteiger partial charge in [-0.1, -0.05) is 45.4 Å². The van der Waals surface area contributed by atoms with Crippen molar-refractivity contribution in [2.45, 2.75) is 58.3 Å². The molecule has 0 spiro atoms. The van der Waals surface area contributed by atoms with Gasteiger partial charge < -0.3 is 5.21 Å². The van der Waals surface area contributed by atoms with Crippen LogP contribution in [-0.2, 0) is 0 Å². The summed E-state index contributed by atoms with van der Waals surface area (Å²) in [5.41, 5.74) is 0. The van der Waals surface area contributed by atoms with Crippen LogP contribution >= 0.6 is 0 Å². The second kappa shape index (κ2) is 6.86. The second-order valence-corrected chi connectivity index (χ2v) is 4.71. The summed E-state index contributed by atoms with van der Waals surface area (Å²) in [5.74, 6) is 1.80. The lowest BCUT2D eigenvalue weighted by Crippen LogP contribution is -2.00. The molecule has 1 aliphatic rings. The van der Waals surface area contributed by atoms with Gasteiger partial charge in [-0.25, -0.2) is 0 Å². The van der Waals surface area contributed by atoms with E-state index in [4.69, 9.17) is 5.21 Å². The predicted molar refractivity (Wildman–Crippen MR) is 59.9 cm³/mol. The average Bonchev–Trinajstić information content (AvgIpc) is 2.68. The average molecular weight is 197 g/mol. The monoisotopic (exact) mass is 197 g/mol. The molecular formula is C12H23NO. The molecule has 0 saturated heterocycles. The Morgan fingerprint density at radius 3 is 2.71 bits per heavy atom. The van der Waals surface area contributed by atoms with Crippen LogP contribution in [0, 0.1) is 11.8 Å². The molecule has 1 rings (SSSR count). The standard InChI is InChI=1S/C12H23NO/c1-11(5-4-10-13-14)8-9-12-6-2-3-7-12/h10-12,14H,2-9H2,1H3. The van der Waals surface area contributed by atoms with Crippen LogP contribution < -0.4 is 0 Å². The van der Waals surface area contributed by atoms with Crippen LogP contribution in [0.25, 0.3) is 0 Å². The number of hydrogen-bond donors (Lipinski definition) is 1. The lowest BCUT2D eigenvalue weighted by Gasteiger charge is -2.13. The first-order chi connectivity index (χ1) is 6.83. The van der Waals surface area contributed by atoms with Gasteiger partial charge in [-0.15, -0.1) is 5.16 Å². The Labute approximate surface area is 87.4 Å². The summed E-state index contributed by atoms with van der Waals surface area (Å²) >= 11 is 0. The second-order valence-electron chi connectivity index (χ2n) is 4.71. The summed E-state index contributed by atoms with van der Waals surface area (Å²) in [6.07, 6.45) is 12.3. The first-order valence-corrected chi connectivity index (χ1v) is 5.99. The van der Waals surface area contributed by atoms with Gasteiger partial charge in [0.1, 0.15) is 0 Å². The molecule has 2 heteroatoms. The first kappa shape index (κ1) is 11.5. The molecule has 0 aromatic carbocycles. The minimum absolute atomic E-state index is 0.786. The van der Waals surface area contributed by atoms with Gasteiger partial charge in [-0.05, 0) is 24.7 Å². The molecule has 0 heterocycles. The minimum atomic E-state index is 0.786. The summed E-state index contributed by atoms with van der Waals surface area (Å²) in [5, 5.41) is 11.3. The van der Waals surface area contributed by atoms with Gasteiger partial charge in [0.25, 0.3) is 0 Å². The van der Waals surface area contributed by atoms with Crippen molar-refractivity contribution in [1.29, 1.82) is 0 Å². The molecule has 0 aromatic rings. The Morgan fingerprint density at radius 1 is 1.36 bits per heavy atom. The highest BCUT2D eigenvalue weighted by molar-refractivity contribution is 5.55. The summed E-state index contributed by atoms with van der Waals surface area (Å²) in [6.45, 7) is 2.31. The number of rotatable bonds is 6. The molecule has 1 fully saturated rings. The maximum absolute atomic E-state index is 8.25. The molecule has 0 bridgehead atoms. The van der Waals surface area contributed by atoms with Crippen LogP contribution in [0.4, 0.5) is 0 Å². The SMILES string of the molecule is CC(CCC=NO)CCC1CCCC1. The maximum atomic E-state index is 8.25. The minimum Gasteiger partial charge on any atom is -0.411 e. The third-order valence-corrected chi connectivity index (χ3v) is 3.41. The van der Waals surface area contributed by atoms with E-state index in [-0.39, 0.29) is 0 Å². The van der Waals surface area contributed by atoms with Gasteiger partial charge in [0.15, 0.2) is 0 Å². The summed E-state index contributed by atoms with van der Waals surface area (Å²) < 4.78 is 0. The fourth-order valence-electron chi connectivity index (χ4n) is 2.38. The summed E-state index contributed by atoms with van der Waals surface area (Å²) in [7, 11) is 0. The van der Waals surface area contributed by atoms with Crippen molar-refractivity contribution >= 4 is 6.21 Å². The Hall–Kier alpha value is -0.530. The van der Waals surface area contributed by atoms with Crippen molar-refractivity contribution in [3.05, 3.63) is 0 Å². The lowest BCUT2D eigenvalue weighted by atomic mass is 9.93. The van der Waals surface area contributed by atoms with Gasteiger partial charge in [0.05, 0.1) is 0 Å². The van der Waals surface area contributed by atoms with Crippen molar-refractivity contribution in [2.24, 2.45) is 17.0 Å². The van der Waals surface area contributed by atoms with Crippen molar-refractivity contribution in [1.82, 2.24) is 0 Å². The highest BCUT2D eigenvalue weighted by atomic mass is 16.4. The molecular weight excluding hydrogens is 174 g/mol. The highest BCUT2D eigenvalue weighted by Crippen LogP contribution is 2.30. The highest BCUT2D eigenvalue weighted by Gasteiger charge is 2.15. The largest absolute Gasteiger partial charge is 0.411 e. The topological polar surface area (TPSA) is 32.6 Å². The first-order valence-electron chi connectivity index (χ1n) is 5.99. The third-order valence-electron chi connectivity index (χ3n) is 3.41. The molecule has 1 aliphatic carbocycles. The zero-order valence-corrected chi connectivity index (χ0v) is 9.28. The summed E-state index contributed by atoms with van der Waals surface area (Å²) in [4.78, 5) is 0. The molecule has 1 saturated carbocycles. The van der Waals surface area contributed by atoms with Crippen LogP contribution in [0.3, 0.4) is 0 Å². The van der Waals surface area contributed by atoms with E-state index in [2.05, 4.69) is 12.1 Å². The van der Waals surface area contributed by atoms with E-state index in [1.54, 1.807) is 6.21 Å². The van der Waals surface area contributed by atoms with Crippen molar-refractivity contribution in [2.75, 3.05) is 0 Å². The van der Waals surface area contributed by atoms with E-state index < -0.39 is 0 Å². The zero-order chi connectivity index (χ0) is 10.2. The Kier molecular flexibility index (Phi) is 5.65. The maximum Gasteiger partial charge on any atom is 0.0436 e. The molecule has 0 amide bonds. The molecule has 14 heavy (non-hydrogen) atoms. The molecule has 0 radical (unpaired) electrons. The number of oxime groups is 1. The van der Waals surface area contributed by atoms with Crippen LogP contribution in [-0.4, -0.2) is 11.4 Å². The van der Waals surface area contributed by atoms with Gasteiger partial charge in [-0.3, -0.25) is 0 Å². The lowest BCUT2D eigenvalue weighted by molar-refractivity contribution is 0.319. The van der Waals surface area contributed by atoms with Gasteiger partial charge in [-0.2, -0.15) is 0 Å². The predicted octanol–water partition coefficient (Wildman–Crippen LogP) is 3.83. The van der Waals surface area contributed by atoms with Gasteiger partial charge in [0, 0.05) is 6.21 Å². The molecule has 1 atom stereocenters. The Bertz CT molecular complexity index is 162. The van der Waals surface area contributed by atoms with Crippen molar-refractivity contribution in [3.63, 3.8) is 0 Å². The molecule has 2 nitrogen and oxygen atoms in total. The molecule has 0 aromatic heterocycles. The quantitative estimate of drug-likeness (QED) is 0.392. The van der Waals surface area contributed by atoms with Crippen LogP contribution in [0.5, 0.6) is 0 Å². The van der Waals surface area contributed by atoms with Gasteiger partial charge >= 0.3 is 0 Å². The van der Waals surface area contributed by atoms with Crippen molar-refractivity contribution < 1.29 is 5.21 Å². The van der Waals surface area contributed by atoms with Crippen molar-refractivity contribution in [3.8, 4) is 0 Å². The van der Waals surface area contributed by atoms with E-state index in [1.165, 1.54) is 38.5 Å². The van der Waals surface area contributed by atoms with Crippen LogP contribution in [0.1, 0.15) is 58.3 Å². The number of hydrogen-bond acceptors (Lipinski definition) is 2. The number of nitrogens with zero attached hydrogens (tertiary/aromatic N) is 1. The van der Waals surface area contributed by atoms with E-state index in [0.29, 0.717) is 0 Å². The molecule has 0 aliphatic heterocycles. The third kappa shape index (κ3) is 4.64. The molecule has 1 N–H and O–H groups in total. The Morgan fingerprint density at radius 2 is 2.07 bits per heavy atom. The summed E-state index contributed by atoms with van der Waals surface area (Å²) in [6, 6.07) is 0. The van der Waals surface area contributed by atoms with Crippen LogP contribution in [0.2, 0.25) is 0 Å². The zero-order valence-electron chi connectivity index (χ0n) is 9.28. The van der Waals surface area contributed by atoms with Gasteiger partial charge in [0.2, 0.25) is 0 Å². The van der Waals surface area contributed by atoms with E-state index in [0.717, 1.165) is 24.7 Å². The normalized spacial score (nSPS) is 20.6. The molecule has 82 valence electrons. The fourth-order valence-corrected chi connectivity index (χ4v) is 2.38. The van der Waals surface area contributed by atoms with E-state index >= 15 is 0 Å².